The van der Waals surface area contributed by atoms with Crippen LogP contribution in [0, 0.1) is 6.92 Å². The average molecular weight is 358 g/mol. The van der Waals surface area contributed by atoms with Gasteiger partial charge in [0.2, 0.25) is 6.29 Å². The number of benzene rings is 2. The van der Waals surface area contributed by atoms with Gasteiger partial charge in [-0.3, -0.25) is 0 Å². The van der Waals surface area contributed by atoms with Gasteiger partial charge in [0.1, 0.15) is 5.75 Å². The Morgan fingerprint density at radius 2 is 1.65 bits per heavy atom. The first-order chi connectivity index (χ1) is 12.2. The molecule has 142 valence electrons. The van der Waals surface area contributed by atoms with Crippen LogP contribution in [0.3, 0.4) is 0 Å². The SMILES string of the molecule is COc1c(OC)c2c3c(c(C(C)(C)C)c(C)cc3c1C(C)C)OC2OC. The molecule has 1 atom stereocenters. The summed E-state index contributed by atoms with van der Waals surface area (Å²) in [6.07, 6.45) is -0.500. The van der Waals surface area contributed by atoms with Crippen molar-refractivity contribution in [2.45, 2.75) is 59.2 Å². The highest BCUT2D eigenvalue weighted by Gasteiger charge is 2.38. The summed E-state index contributed by atoms with van der Waals surface area (Å²) < 4.78 is 23.6. The molecule has 26 heavy (non-hydrogen) atoms. The molecule has 0 fully saturated rings. The molecule has 1 aliphatic rings. The van der Waals surface area contributed by atoms with Gasteiger partial charge in [-0.2, -0.15) is 0 Å². The Labute approximate surface area is 156 Å². The molecule has 0 aromatic heterocycles. The summed E-state index contributed by atoms with van der Waals surface area (Å²) in [5, 5.41) is 2.25. The first-order valence-electron chi connectivity index (χ1n) is 9.12. The molecule has 3 rings (SSSR count). The van der Waals surface area contributed by atoms with Gasteiger partial charge in [-0.25, -0.2) is 0 Å². The van der Waals surface area contributed by atoms with Crippen molar-refractivity contribution in [3.8, 4) is 17.2 Å². The van der Waals surface area contributed by atoms with E-state index in [2.05, 4.69) is 47.6 Å². The van der Waals surface area contributed by atoms with Crippen molar-refractivity contribution in [1.82, 2.24) is 0 Å². The van der Waals surface area contributed by atoms with Crippen LogP contribution in [0.1, 0.15) is 69.1 Å². The highest BCUT2D eigenvalue weighted by Crippen LogP contribution is 2.56. The van der Waals surface area contributed by atoms with E-state index in [0.717, 1.165) is 33.4 Å². The van der Waals surface area contributed by atoms with Gasteiger partial charge in [0.05, 0.1) is 19.8 Å². The van der Waals surface area contributed by atoms with Gasteiger partial charge >= 0.3 is 0 Å². The van der Waals surface area contributed by atoms with Crippen LogP contribution in [0.5, 0.6) is 17.2 Å². The van der Waals surface area contributed by atoms with Gasteiger partial charge in [-0.15, -0.1) is 0 Å². The van der Waals surface area contributed by atoms with Crippen molar-refractivity contribution in [3.05, 3.63) is 28.3 Å². The van der Waals surface area contributed by atoms with Crippen molar-refractivity contribution < 1.29 is 18.9 Å². The molecule has 0 radical (unpaired) electrons. The standard InChI is InChI=1S/C22H30O4/c1-11(2)14-13-10-12(3)17(22(4,5)6)18-15(13)16(21(25-9)26-18)20(24-8)19(14)23-7/h10-11,21H,1-9H3. The Hall–Kier alpha value is -1.94. The Balaban J connectivity index is 2.59. The first kappa shape index (κ1) is 18.8. The van der Waals surface area contributed by atoms with Gasteiger partial charge in [-0.05, 0) is 29.2 Å². The Bertz CT molecular complexity index is 859. The number of ether oxygens (including phenoxy) is 4. The van der Waals surface area contributed by atoms with Crippen LogP contribution < -0.4 is 14.2 Å². The minimum atomic E-state index is -0.500. The molecule has 1 heterocycles. The van der Waals surface area contributed by atoms with Gasteiger partial charge < -0.3 is 18.9 Å². The Morgan fingerprint density at radius 3 is 2.12 bits per heavy atom. The van der Waals surface area contributed by atoms with E-state index in [0.29, 0.717) is 5.75 Å². The molecule has 0 N–H and O–H groups in total. The molecule has 2 aromatic rings. The first-order valence-corrected chi connectivity index (χ1v) is 9.12. The molecule has 4 heteroatoms. The molecule has 0 spiro atoms. The number of hydrogen-bond acceptors (Lipinski definition) is 4. The summed E-state index contributed by atoms with van der Waals surface area (Å²) in [6.45, 7) is 13.1. The van der Waals surface area contributed by atoms with E-state index in [1.807, 2.05) is 0 Å². The van der Waals surface area contributed by atoms with Gasteiger partial charge in [0.15, 0.2) is 11.5 Å². The summed E-state index contributed by atoms with van der Waals surface area (Å²) in [5.41, 5.74) is 4.46. The van der Waals surface area contributed by atoms with Gasteiger partial charge in [-0.1, -0.05) is 40.7 Å². The second kappa shape index (κ2) is 6.34. The Kier molecular flexibility index (Phi) is 4.60. The van der Waals surface area contributed by atoms with E-state index in [4.69, 9.17) is 18.9 Å². The summed E-state index contributed by atoms with van der Waals surface area (Å²) in [5.74, 6) is 2.67. The van der Waals surface area contributed by atoms with Crippen molar-refractivity contribution in [2.24, 2.45) is 0 Å². The molecule has 0 amide bonds. The summed E-state index contributed by atoms with van der Waals surface area (Å²) in [7, 11) is 5.03. The zero-order valence-corrected chi connectivity index (χ0v) is 17.4. The van der Waals surface area contributed by atoms with Crippen LogP contribution >= 0.6 is 0 Å². The lowest BCUT2D eigenvalue weighted by Gasteiger charge is -2.26. The molecular weight excluding hydrogens is 328 g/mol. The monoisotopic (exact) mass is 358 g/mol. The van der Waals surface area contributed by atoms with Crippen molar-refractivity contribution in [1.29, 1.82) is 0 Å². The lowest BCUT2D eigenvalue weighted by Crippen LogP contribution is -2.15. The molecule has 4 nitrogen and oxygen atoms in total. The third-order valence-electron chi connectivity index (χ3n) is 5.14. The van der Waals surface area contributed by atoms with Crippen LogP contribution in [0.2, 0.25) is 0 Å². The third kappa shape index (κ3) is 2.54. The minimum Gasteiger partial charge on any atom is -0.493 e. The molecule has 2 aromatic carbocycles. The van der Waals surface area contributed by atoms with Crippen LogP contribution in [0.4, 0.5) is 0 Å². The summed E-state index contributed by atoms with van der Waals surface area (Å²) in [4.78, 5) is 0. The van der Waals surface area contributed by atoms with E-state index < -0.39 is 6.29 Å². The van der Waals surface area contributed by atoms with Crippen molar-refractivity contribution in [2.75, 3.05) is 21.3 Å². The maximum atomic E-state index is 6.33. The van der Waals surface area contributed by atoms with Gasteiger partial charge in [0.25, 0.3) is 0 Å². The topological polar surface area (TPSA) is 36.9 Å². The van der Waals surface area contributed by atoms with Crippen LogP contribution in [-0.2, 0) is 10.2 Å². The fourth-order valence-electron chi connectivity index (χ4n) is 4.33. The fourth-order valence-corrected chi connectivity index (χ4v) is 4.33. The number of rotatable bonds is 4. The normalized spacial score (nSPS) is 16.3. The quantitative estimate of drug-likeness (QED) is 0.710. The maximum absolute atomic E-state index is 6.33. The van der Waals surface area contributed by atoms with E-state index >= 15 is 0 Å². The third-order valence-corrected chi connectivity index (χ3v) is 5.14. The van der Waals surface area contributed by atoms with E-state index in [1.165, 1.54) is 11.1 Å². The molecule has 0 aliphatic carbocycles. The maximum Gasteiger partial charge on any atom is 0.231 e. The predicted octanol–water partition coefficient (Wildman–Crippen LogP) is 5.62. The number of methoxy groups -OCH3 is 3. The second-order valence-corrected chi connectivity index (χ2v) is 8.30. The van der Waals surface area contributed by atoms with E-state index in [9.17, 15) is 0 Å². The summed E-state index contributed by atoms with van der Waals surface area (Å²) >= 11 is 0. The number of aryl methyl sites for hydroxylation is 1. The zero-order chi connectivity index (χ0) is 19.4. The van der Waals surface area contributed by atoms with E-state index in [1.54, 1.807) is 21.3 Å². The summed E-state index contributed by atoms with van der Waals surface area (Å²) in [6, 6.07) is 2.27. The molecule has 1 aliphatic heterocycles. The van der Waals surface area contributed by atoms with E-state index in [-0.39, 0.29) is 11.3 Å². The molecular formula is C22H30O4. The van der Waals surface area contributed by atoms with Crippen LogP contribution in [0.25, 0.3) is 10.8 Å². The average Bonchev–Trinajstić information content (AvgIpc) is 2.92. The second-order valence-electron chi connectivity index (χ2n) is 8.30. The largest absolute Gasteiger partial charge is 0.493 e. The van der Waals surface area contributed by atoms with Crippen LogP contribution in [-0.4, -0.2) is 21.3 Å². The fraction of sp³-hybridized carbons (Fsp3) is 0.545. The molecule has 0 saturated heterocycles. The molecule has 0 bridgehead atoms. The zero-order valence-electron chi connectivity index (χ0n) is 17.4. The van der Waals surface area contributed by atoms with Crippen molar-refractivity contribution in [3.63, 3.8) is 0 Å². The smallest absolute Gasteiger partial charge is 0.231 e. The predicted molar refractivity (Wildman–Crippen MR) is 105 cm³/mol. The van der Waals surface area contributed by atoms with Crippen molar-refractivity contribution >= 4 is 10.8 Å². The molecule has 0 saturated carbocycles. The lowest BCUT2D eigenvalue weighted by atomic mass is 9.80. The lowest BCUT2D eigenvalue weighted by molar-refractivity contribution is -0.0492. The van der Waals surface area contributed by atoms with Gasteiger partial charge in [0, 0.05) is 23.6 Å². The minimum absolute atomic E-state index is 0.0430. The molecule has 1 unspecified atom stereocenters. The van der Waals surface area contributed by atoms with Crippen LogP contribution in [0.15, 0.2) is 6.07 Å². The number of hydrogen-bond donors (Lipinski definition) is 0. The highest BCUT2D eigenvalue weighted by atomic mass is 16.7. The highest BCUT2D eigenvalue weighted by molar-refractivity contribution is 6.01. The Morgan fingerprint density at radius 1 is 1.04 bits per heavy atom.